The van der Waals surface area contributed by atoms with Gasteiger partial charge in [0.15, 0.2) is 0 Å². The molecule has 1 amide bonds. The van der Waals surface area contributed by atoms with Gasteiger partial charge in [-0.05, 0) is 13.8 Å². The molecule has 0 fully saturated rings. The van der Waals surface area contributed by atoms with Gasteiger partial charge in [0, 0.05) is 18.5 Å². The summed E-state index contributed by atoms with van der Waals surface area (Å²) >= 11 is 0. The van der Waals surface area contributed by atoms with Crippen molar-refractivity contribution in [3.8, 4) is 0 Å². The first-order valence-electron chi connectivity index (χ1n) is 5.87. The topological polar surface area (TPSA) is 101 Å². The number of hydrogen-bond donors (Lipinski definition) is 3. The van der Waals surface area contributed by atoms with Crippen molar-refractivity contribution in [2.45, 2.75) is 33.6 Å². The summed E-state index contributed by atoms with van der Waals surface area (Å²) in [6, 6.07) is 1.36. The molecule has 0 aliphatic heterocycles. The van der Waals surface area contributed by atoms with Crippen LogP contribution in [0, 0.1) is 5.41 Å². The van der Waals surface area contributed by atoms with E-state index in [2.05, 4.69) is 15.3 Å². The van der Waals surface area contributed by atoms with E-state index in [0.29, 0.717) is 18.2 Å². The number of aromatic amines is 1. The number of carbonyl (C=O) groups is 1. The Bertz CT molecular complexity index is 491. The van der Waals surface area contributed by atoms with Crippen LogP contribution in [0.2, 0.25) is 0 Å². The number of nitrogens with one attached hydrogen (secondary N) is 2. The molecule has 1 aromatic heterocycles. The minimum atomic E-state index is -0.692. The smallest absolute Gasteiger partial charge is 0.252 e. The second-order valence-corrected chi connectivity index (χ2v) is 5.27. The molecule has 1 aromatic rings. The molecule has 0 aromatic carbocycles. The number of aromatic nitrogens is 2. The Hall–Kier alpha value is -1.85. The molecule has 0 aliphatic rings. The number of amides is 1. The highest BCUT2D eigenvalue weighted by Gasteiger charge is 2.24. The highest BCUT2D eigenvalue weighted by Crippen LogP contribution is 2.15. The van der Waals surface area contributed by atoms with Crippen molar-refractivity contribution in [2.24, 2.45) is 11.1 Å². The van der Waals surface area contributed by atoms with E-state index in [1.807, 2.05) is 13.8 Å². The minimum Gasteiger partial charge on any atom is -0.369 e. The summed E-state index contributed by atoms with van der Waals surface area (Å²) in [6.45, 7) is 7.68. The van der Waals surface area contributed by atoms with Crippen molar-refractivity contribution in [1.29, 1.82) is 0 Å². The lowest BCUT2D eigenvalue weighted by molar-refractivity contribution is -0.125. The molecule has 0 aliphatic carbocycles. The fourth-order valence-corrected chi connectivity index (χ4v) is 1.24. The van der Waals surface area contributed by atoms with Crippen molar-refractivity contribution < 1.29 is 4.79 Å². The van der Waals surface area contributed by atoms with E-state index >= 15 is 0 Å². The Morgan fingerprint density at radius 1 is 1.56 bits per heavy atom. The van der Waals surface area contributed by atoms with Gasteiger partial charge in [0.1, 0.15) is 11.6 Å². The van der Waals surface area contributed by atoms with Crippen LogP contribution < -0.4 is 16.6 Å². The molecule has 100 valence electrons. The van der Waals surface area contributed by atoms with E-state index in [4.69, 9.17) is 5.73 Å². The van der Waals surface area contributed by atoms with Gasteiger partial charge >= 0.3 is 0 Å². The second-order valence-electron chi connectivity index (χ2n) is 5.27. The van der Waals surface area contributed by atoms with Gasteiger partial charge in [-0.15, -0.1) is 0 Å². The van der Waals surface area contributed by atoms with Crippen molar-refractivity contribution in [1.82, 2.24) is 9.97 Å². The molecule has 6 heteroatoms. The van der Waals surface area contributed by atoms with Gasteiger partial charge in [-0.1, -0.05) is 13.8 Å². The summed E-state index contributed by atoms with van der Waals surface area (Å²) in [5, 5.41) is 2.97. The van der Waals surface area contributed by atoms with Gasteiger partial charge in [0.2, 0.25) is 5.91 Å². The number of hydrogen-bond acceptors (Lipinski definition) is 4. The second kappa shape index (κ2) is 5.20. The van der Waals surface area contributed by atoms with Crippen molar-refractivity contribution >= 4 is 11.7 Å². The molecule has 4 N–H and O–H groups in total. The third-order valence-electron chi connectivity index (χ3n) is 2.69. The zero-order valence-corrected chi connectivity index (χ0v) is 11.2. The molecule has 0 saturated carbocycles. The monoisotopic (exact) mass is 252 g/mol. The van der Waals surface area contributed by atoms with Crippen molar-refractivity contribution in [3.05, 3.63) is 22.2 Å². The molecule has 1 rings (SSSR count). The van der Waals surface area contributed by atoms with Gasteiger partial charge in [-0.3, -0.25) is 9.59 Å². The van der Waals surface area contributed by atoms with Gasteiger partial charge in [0.25, 0.3) is 5.56 Å². The van der Waals surface area contributed by atoms with E-state index in [0.717, 1.165) is 0 Å². The predicted octanol–water partition coefficient (Wildman–Crippen LogP) is 0.817. The average Bonchev–Trinajstić information content (AvgIpc) is 2.25. The number of nitrogens with two attached hydrogens (primary N) is 1. The third-order valence-corrected chi connectivity index (χ3v) is 2.69. The molecule has 0 atom stereocenters. The van der Waals surface area contributed by atoms with E-state index < -0.39 is 11.3 Å². The number of carbonyl (C=O) groups excluding carboxylic acids is 1. The number of H-pyrrole nitrogens is 1. The molecule has 0 radical (unpaired) electrons. The van der Waals surface area contributed by atoms with E-state index in [-0.39, 0.29) is 11.5 Å². The summed E-state index contributed by atoms with van der Waals surface area (Å²) in [5.41, 5.74) is 4.37. The summed E-state index contributed by atoms with van der Waals surface area (Å²) in [5.74, 6) is 0.797. The highest BCUT2D eigenvalue weighted by atomic mass is 16.1. The van der Waals surface area contributed by atoms with Gasteiger partial charge < -0.3 is 16.0 Å². The van der Waals surface area contributed by atoms with E-state index in [1.54, 1.807) is 13.8 Å². The Labute approximate surface area is 106 Å². The molecular weight excluding hydrogens is 232 g/mol. The number of nitrogens with zero attached hydrogens (tertiary/aromatic N) is 1. The molecule has 1 heterocycles. The molecule has 0 bridgehead atoms. The first kappa shape index (κ1) is 14.2. The maximum atomic E-state index is 11.4. The van der Waals surface area contributed by atoms with E-state index in [9.17, 15) is 9.59 Å². The largest absolute Gasteiger partial charge is 0.369 e. The summed E-state index contributed by atoms with van der Waals surface area (Å²) in [7, 11) is 0. The van der Waals surface area contributed by atoms with Crippen LogP contribution in [-0.4, -0.2) is 22.4 Å². The lowest BCUT2D eigenvalue weighted by Gasteiger charge is -2.21. The van der Waals surface area contributed by atoms with Gasteiger partial charge in [-0.2, -0.15) is 0 Å². The normalized spacial score (nSPS) is 11.6. The maximum Gasteiger partial charge on any atom is 0.252 e. The van der Waals surface area contributed by atoms with Crippen LogP contribution in [0.1, 0.15) is 39.4 Å². The lowest BCUT2D eigenvalue weighted by Crippen LogP contribution is -2.37. The van der Waals surface area contributed by atoms with Gasteiger partial charge in [-0.25, -0.2) is 4.98 Å². The van der Waals surface area contributed by atoms with Crippen LogP contribution in [0.5, 0.6) is 0 Å². The lowest BCUT2D eigenvalue weighted by atomic mass is 9.93. The van der Waals surface area contributed by atoms with Gasteiger partial charge in [0.05, 0.1) is 5.41 Å². The molecule has 0 unspecified atom stereocenters. The highest BCUT2D eigenvalue weighted by molar-refractivity contribution is 5.80. The SMILES string of the molecule is CC(C)c1nc(NCC(C)(C)C(N)=O)cc(=O)[nH]1. The van der Waals surface area contributed by atoms with Crippen molar-refractivity contribution in [2.75, 3.05) is 11.9 Å². The number of rotatable bonds is 5. The molecular formula is C12H20N4O2. The first-order chi connectivity index (χ1) is 8.22. The summed E-state index contributed by atoms with van der Waals surface area (Å²) in [6.07, 6.45) is 0. The number of primary amides is 1. The zero-order chi connectivity index (χ0) is 13.9. The molecule has 6 nitrogen and oxygen atoms in total. The van der Waals surface area contributed by atoms with Crippen LogP contribution >= 0.6 is 0 Å². The molecule has 0 saturated heterocycles. The van der Waals surface area contributed by atoms with Crippen molar-refractivity contribution in [3.63, 3.8) is 0 Å². The quantitative estimate of drug-likeness (QED) is 0.722. The average molecular weight is 252 g/mol. The maximum absolute atomic E-state index is 11.4. The summed E-state index contributed by atoms with van der Waals surface area (Å²) < 4.78 is 0. The fraction of sp³-hybridized carbons (Fsp3) is 0.583. The van der Waals surface area contributed by atoms with Crippen LogP contribution in [0.3, 0.4) is 0 Å². The van der Waals surface area contributed by atoms with Crippen LogP contribution in [0.15, 0.2) is 10.9 Å². The first-order valence-corrected chi connectivity index (χ1v) is 5.87. The Kier molecular flexibility index (Phi) is 4.11. The standard InChI is InChI=1S/C12H20N4O2/c1-7(2)10-15-8(5-9(17)16-10)14-6-12(3,4)11(13)18/h5,7H,6H2,1-4H3,(H2,13,18)(H2,14,15,16,17). The van der Waals surface area contributed by atoms with Crippen LogP contribution in [-0.2, 0) is 4.79 Å². The van der Waals surface area contributed by atoms with Crippen LogP contribution in [0.4, 0.5) is 5.82 Å². The zero-order valence-electron chi connectivity index (χ0n) is 11.2. The summed E-state index contributed by atoms with van der Waals surface area (Å²) in [4.78, 5) is 29.6. The minimum absolute atomic E-state index is 0.128. The van der Waals surface area contributed by atoms with Crippen LogP contribution in [0.25, 0.3) is 0 Å². The van der Waals surface area contributed by atoms with E-state index in [1.165, 1.54) is 6.07 Å². The fourth-order valence-electron chi connectivity index (χ4n) is 1.24. The molecule has 18 heavy (non-hydrogen) atoms. The molecule has 0 spiro atoms. The third kappa shape index (κ3) is 3.58. The Balaban J connectivity index is 2.86. The Morgan fingerprint density at radius 2 is 2.17 bits per heavy atom. The predicted molar refractivity (Wildman–Crippen MR) is 70.4 cm³/mol. The Morgan fingerprint density at radius 3 is 2.67 bits per heavy atom. The number of anilines is 1.